The van der Waals surface area contributed by atoms with Gasteiger partial charge in [0.05, 0.1) is 0 Å². The van der Waals surface area contributed by atoms with Crippen LogP contribution in [0.5, 0.6) is 0 Å². The largest absolute Gasteiger partial charge is 0.357 e. The number of carbonyl (C=O) groups excluding carboxylic acids is 1. The van der Waals surface area contributed by atoms with Gasteiger partial charge >= 0.3 is 6.03 Å². The number of carbonyl (C=O) groups is 1. The van der Waals surface area contributed by atoms with Crippen LogP contribution in [-0.4, -0.2) is 24.1 Å². The van der Waals surface area contributed by atoms with Crippen LogP contribution in [0.4, 0.5) is 15.0 Å². The minimum atomic E-state index is -0.342. The lowest BCUT2D eigenvalue weighted by Crippen LogP contribution is -2.34. The smallest absolute Gasteiger partial charge is 0.315 e. The number of rotatable bonds is 7. The molecule has 2 aromatic rings. The molecule has 0 saturated heterocycles. The molecule has 1 aromatic heterocycles. The molecule has 0 aliphatic heterocycles. The molecule has 1 aromatic carbocycles. The second kappa shape index (κ2) is 8.86. The highest BCUT2D eigenvalue weighted by molar-refractivity contribution is 5.73. The topological polar surface area (TPSA) is 57.3 Å². The first-order valence-electron chi connectivity index (χ1n) is 8.09. The number of pyridine rings is 1. The van der Waals surface area contributed by atoms with Crippen LogP contribution in [0.15, 0.2) is 42.6 Å². The first-order valence-corrected chi connectivity index (χ1v) is 8.09. The number of hydrogen-bond acceptors (Lipinski definition) is 3. The molecule has 0 aliphatic rings. The fourth-order valence-electron chi connectivity index (χ4n) is 2.32. The SMILES string of the molecule is CCN(CC)c1ccc(CNC(=O)NCc2ccccc2F)cn1. The van der Waals surface area contributed by atoms with Crippen molar-refractivity contribution in [1.29, 1.82) is 0 Å². The van der Waals surface area contributed by atoms with Gasteiger partial charge in [-0.25, -0.2) is 14.2 Å². The zero-order valence-corrected chi connectivity index (χ0v) is 14.1. The quantitative estimate of drug-likeness (QED) is 0.820. The van der Waals surface area contributed by atoms with E-state index in [1.54, 1.807) is 24.4 Å². The van der Waals surface area contributed by atoms with Crippen molar-refractivity contribution in [2.24, 2.45) is 0 Å². The first-order chi connectivity index (χ1) is 11.6. The van der Waals surface area contributed by atoms with E-state index in [0.29, 0.717) is 12.1 Å². The maximum Gasteiger partial charge on any atom is 0.315 e. The number of amides is 2. The van der Waals surface area contributed by atoms with Crippen molar-refractivity contribution in [3.05, 3.63) is 59.5 Å². The fraction of sp³-hybridized carbons (Fsp3) is 0.333. The third-order valence-electron chi connectivity index (χ3n) is 3.75. The Bertz CT molecular complexity index is 656. The summed E-state index contributed by atoms with van der Waals surface area (Å²) in [6, 6.07) is 9.92. The summed E-state index contributed by atoms with van der Waals surface area (Å²) in [6.45, 7) is 6.49. The average Bonchev–Trinajstić information content (AvgIpc) is 2.61. The zero-order valence-electron chi connectivity index (χ0n) is 14.1. The molecule has 0 bridgehead atoms. The molecule has 128 valence electrons. The fourth-order valence-corrected chi connectivity index (χ4v) is 2.32. The molecule has 0 unspecified atom stereocenters. The van der Waals surface area contributed by atoms with Gasteiger partial charge in [0.1, 0.15) is 11.6 Å². The second-order valence-electron chi connectivity index (χ2n) is 5.32. The molecule has 2 N–H and O–H groups in total. The third kappa shape index (κ3) is 4.94. The minimum absolute atomic E-state index is 0.150. The molecule has 0 aliphatic carbocycles. The maximum absolute atomic E-state index is 13.5. The predicted molar refractivity (Wildman–Crippen MR) is 93.3 cm³/mol. The number of nitrogens with zero attached hydrogens (tertiary/aromatic N) is 2. The van der Waals surface area contributed by atoms with Crippen molar-refractivity contribution in [3.8, 4) is 0 Å². The molecule has 2 amide bonds. The monoisotopic (exact) mass is 330 g/mol. The molecule has 0 fully saturated rings. The Kier molecular flexibility index (Phi) is 6.54. The van der Waals surface area contributed by atoms with E-state index in [1.165, 1.54) is 6.07 Å². The van der Waals surface area contributed by atoms with E-state index in [-0.39, 0.29) is 18.4 Å². The Morgan fingerprint density at radius 3 is 2.42 bits per heavy atom. The van der Waals surface area contributed by atoms with E-state index in [0.717, 1.165) is 24.5 Å². The normalized spacial score (nSPS) is 10.3. The van der Waals surface area contributed by atoms with Crippen LogP contribution in [0, 0.1) is 5.82 Å². The van der Waals surface area contributed by atoms with Crippen LogP contribution in [-0.2, 0) is 13.1 Å². The van der Waals surface area contributed by atoms with Gasteiger partial charge in [-0.3, -0.25) is 0 Å². The van der Waals surface area contributed by atoms with Crippen LogP contribution in [0.2, 0.25) is 0 Å². The summed E-state index contributed by atoms with van der Waals surface area (Å²) >= 11 is 0. The van der Waals surface area contributed by atoms with Crippen LogP contribution < -0.4 is 15.5 Å². The van der Waals surface area contributed by atoms with Crippen molar-refractivity contribution >= 4 is 11.8 Å². The summed E-state index contributed by atoms with van der Waals surface area (Å²) in [6.07, 6.45) is 1.75. The Morgan fingerprint density at radius 2 is 1.79 bits per heavy atom. The number of anilines is 1. The summed E-state index contributed by atoms with van der Waals surface area (Å²) in [5, 5.41) is 5.38. The van der Waals surface area contributed by atoms with Crippen LogP contribution >= 0.6 is 0 Å². The maximum atomic E-state index is 13.5. The van der Waals surface area contributed by atoms with Gasteiger partial charge in [-0.05, 0) is 31.5 Å². The lowest BCUT2D eigenvalue weighted by Gasteiger charge is -2.19. The van der Waals surface area contributed by atoms with Gasteiger partial charge in [0.2, 0.25) is 0 Å². The predicted octanol–water partition coefficient (Wildman–Crippen LogP) is 3.07. The van der Waals surface area contributed by atoms with Crippen molar-refractivity contribution in [1.82, 2.24) is 15.6 Å². The van der Waals surface area contributed by atoms with Crippen molar-refractivity contribution in [2.45, 2.75) is 26.9 Å². The van der Waals surface area contributed by atoms with E-state index in [2.05, 4.69) is 34.4 Å². The van der Waals surface area contributed by atoms with Crippen LogP contribution in [0.25, 0.3) is 0 Å². The van der Waals surface area contributed by atoms with E-state index in [9.17, 15) is 9.18 Å². The molecule has 0 spiro atoms. The number of urea groups is 1. The highest BCUT2D eigenvalue weighted by Gasteiger charge is 2.06. The molecular formula is C18H23FN4O. The highest BCUT2D eigenvalue weighted by atomic mass is 19.1. The van der Waals surface area contributed by atoms with Crippen molar-refractivity contribution in [3.63, 3.8) is 0 Å². The highest BCUT2D eigenvalue weighted by Crippen LogP contribution is 2.10. The molecule has 6 heteroatoms. The summed E-state index contributed by atoms with van der Waals surface area (Å²) in [7, 11) is 0. The zero-order chi connectivity index (χ0) is 17.4. The van der Waals surface area contributed by atoms with Gasteiger partial charge in [-0.1, -0.05) is 24.3 Å². The summed E-state index contributed by atoms with van der Waals surface area (Å²) in [5.74, 6) is 0.599. The summed E-state index contributed by atoms with van der Waals surface area (Å²) in [4.78, 5) is 18.4. The summed E-state index contributed by atoms with van der Waals surface area (Å²) < 4.78 is 13.5. The van der Waals surface area contributed by atoms with Gasteiger partial charge in [-0.15, -0.1) is 0 Å². The Labute approximate surface area is 141 Å². The Morgan fingerprint density at radius 1 is 1.08 bits per heavy atom. The minimum Gasteiger partial charge on any atom is -0.357 e. The van der Waals surface area contributed by atoms with E-state index in [4.69, 9.17) is 0 Å². The second-order valence-corrected chi connectivity index (χ2v) is 5.32. The van der Waals surface area contributed by atoms with E-state index >= 15 is 0 Å². The molecule has 0 saturated carbocycles. The molecule has 5 nitrogen and oxygen atoms in total. The molecule has 1 heterocycles. The van der Waals surface area contributed by atoms with Crippen LogP contribution in [0.3, 0.4) is 0 Å². The number of benzene rings is 1. The number of aromatic nitrogens is 1. The van der Waals surface area contributed by atoms with Crippen molar-refractivity contribution in [2.75, 3.05) is 18.0 Å². The molecule has 0 radical (unpaired) electrons. The number of nitrogens with one attached hydrogen (secondary N) is 2. The van der Waals surface area contributed by atoms with Gasteiger partial charge in [0.25, 0.3) is 0 Å². The molecule has 2 rings (SSSR count). The lowest BCUT2D eigenvalue weighted by atomic mass is 10.2. The standard InChI is InChI=1S/C18H23FN4O/c1-3-23(4-2)17-10-9-14(11-20-17)12-21-18(24)22-13-15-7-5-6-8-16(15)19/h5-11H,3-4,12-13H2,1-2H3,(H2,21,22,24). The van der Waals surface area contributed by atoms with Crippen LogP contribution in [0.1, 0.15) is 25.0 Å². The average molecular weight is 330 g/mol. The van der Waals surface area contributed by atoms with E-state index in [1.807, 2.05) is 12.1 Å². The number of hydrogen-bond donors (Lipinski definition) is 2. The number of halogens is 1. The first kappa shape index (κ1) is 17.7. The Hall–Kier alpha value is -2.63. The van der Waals surface area contributed by atoms with Gasteiger partial charge in [0.15, 0.2) is 0 Å². The molecular weight excluding hydrogens is 307 g/mol. The third-order valence-corrected chi connectivity index (χ3v) is 3.75. The molecule has 24 heavy (non-hydrogen) atoms. The lowest BCUT2D eigenvalue weighted by molar-refractivity contribution is 0.240. The van der Waals surface area contributed by atoms with Gasteiger partial charge in [-0.2, -0.15) is 0 Å². The van der Waals surface area contributed by atoms with Gasteiger partial charge in [0, 0.05) is 37.9 Å². The Balaban J connectivity index is 1.80. The molecule has 0 atom stereocenters. The summed E-state index contributed by atoms with van der Waals surface area (Å²) in [5.41, 5.74) is 1.37. The van der Waals surface area contributed by atoms with Gasteiger partial charge < -0.3 is 15.5 Å². The van der Waals surface area contributed by atoms with E-state index < -0.39 is 0 Å². The van der Waals surface area contributed by atoms with Crippen molar-refractivity contribution < 1.29 is 9.18 Å².